The fourth-order valence-corrected chi connectivity index (χ4v) is 8.18. The number of hydrogen-bond acceptors (Lipinski definition) is 5. The van der Waals surface area contributed by atoms with Gasteiger partial charge < -0.3 is 14.2 Å². The number of carbonyl (C=O) groups excluding carboxylic acids is 2. The Morgan fingerprint density at radius 3 is 2.36 bits per heavy atom. The maximum atomic E-state index is 11.8. The number of epoxide rings is 1. The lowest BCUT2D eigenvalue weighted by atomic mass is 9.45. The van der Waals surface area contributed by atoms with Crippen LogP contribution in [-0.4, -0.2) is 36.4 Å². The quantitative estimate of drug-likeness (QED) is 0.529. The third kappa shape index (κ3) is 2.68. The van der Waals surface area contributed by atoms with Crippen molar-refractivity contribution in [3.8, 4) is 0 Å². The van der Waals surface area contributed by atoms with Gasteiger partial charge in [0.25, 0.3) is 0 Å². The van der Waals surface area contributed by atoms with Gasteiger partial charge in [0.05, 0.1) is 12.2 Å². The molecule has 0 aromatic carbocycles. The molecule has 0 N–H and O–H groups in total. The van der Waals surface area contributed by atoms with Gasteiger partial charge in [-0.2, -0.15) is 0 Å². The highest BCUT2D eigenvalue weighted by Gasteiger charge is 2.66. The maximum Gasteiger partial charge on any atom is 0.303 e. The zero-order valence-electron chi connectivity index (χ0n) is 17.6. The first-order valence-corrected chi connectivity index (χ1v) is 11.2. The second kappa shape index (κ2) is 6.20. The van der Waals surface area contributed by atoms with Crippen molar-refractivity contribution in [3.05, 3.63) is 0 Å². The van der Waals surface area contributed by atoms with Gasteiger partial charge in [0.15, 0.2) is 0 Å². The molecule has 5 nitrogen and oxygen atoms in total. The second-order valence-electron chi connectivity index (χ2n) is 10.8. The minimum absolute atomic E-state index is 0.0938. The summed E-state index contributed by atoms with van der Waals surface area (Å²) in [6, 6.07) is 0. The van der Waals surface area contributed by atoms with Crippen molar-refractivity contribution in [1.82, 2.24) is 0 Å². The Morgan fingerprint density at radius 2 is 1.64 bits per heavy atom. The maximum absolute atomic E-state index is 11.8. The van der Waals surface area contributed by atoms with E-state index < -0.39 is 0 Å². The minimum Gasteiger partial charge on any atom is -0.459 e. The molecule has 7 unspecified atom stereocenters. The lowest BCUT2D eigenvalue weighted by Gasteiger charge is -2.59. The van der Waals surface area contributed by atoms with Crippen LogP contribution >= 0.6 is 0 Å². The minimum atomic E-state index is -0.312. The Labute approximate surface area is 167 Å². The van der Waals surface area contributed by atoms with Gasteiger partial charge in [-0.05, 0) is 74.0 Å². The number of fused-ring (bicyclic) bond motifs is 6. The van der Waals surface area contributed by atoms with E-state index in [9.17, 15) is 9.59 Å². The molecule has 0 spiro atoms. The summed E-state index contributed by atoms with van der Waals surface area (Å²) in [4.78, 5) is 23.6. The lowest BCUT2D eigenvalue weighted by molar-refractivity contribution is -0.174. The summed E-state index contributed by atoms with van der Waals surface area (Å²) in [6.07, 6.45) is 8.49. The summed E-state index contributed by atoms with van der Waals surface area (Å²) in [7, 11) is 0. The van der Waals surface area contributed by atoms with Crippen LogP contribution in [0.3, 0.4) is 0 Å². The molecule has 10 atom stereocenters. The van der Waals surface area contributed by atoms with Gasteiger partial charge in [-0.15, -0.1) is 0 Å². The number of rotatable bonds is 2. The van der Waals surface area contributed by atoms with Gasteiger partial charge in [0, 0.05) is 19.3 Å². The first-order chi connectivity index (χ1) is 13.2. The molecule has 0 aromatic heterocycles. The average Bonchev–Trinajstić information content (AvgIpc) is 3.29. The molecule has 28 heavy (non-hydrogen) atoms. The topological polar surface area (TPSA) is 65.1 Å². The predicted octanol–water partition coefficient (Wildman–Crippen LogP) is 3.88. The molecule has 5 aliphatic rings. The molecule has 5 fully saturated rings. The Balaban J connectivity index is 1.44. The van der Waals surface area contributed by atoms with Crippen LogP contribution in [-0.2, 0) is 23.8 Å². The van der Waals surface area contributed by atoms with E-state index in [2.05, 4.69) is 13.8 Å². The Morgan fingerprint density at radius 1 is 0.893 bits per heavy atom. The molecular weight excluding hydrogens is 356 g/mol. The number of carbonyl (C=O) groups is 2. The van der Waals surface area contributed by atoms with Crippen LogP contribution in [0.2, 0.25) is 0 Å². The van der Waals surface area contributed by atoms with Crippen LogP contribution in [0.4, 0.5) is 0 Å². The van der Waals surface area contributed by atoms with E-state index in [-0.39, 0.29) is 29.6 Å². The summed E-state index contributed by atoms with van der Waals surface area (Å²) in [5, 5.41) is 0. The van der Waals surface area contributed by atoms with Crippen molar-refractivity contribution in [2.45, 2.75) is 97.1 Å². The van der Waals surface area contributed by atoms with Gasteiger partial charge in [-0.25, -0.2) is 0 Å². The molecule has 4 aliphatic carbocycles. The summed E-state index contributed by atoms with van der Waals surface area (Å²) in [5.74, 6) is 2.04. The monoisotopic (exact) mass is 390 g/mol. The first-order valence-electron chi connectivity index (χ1n) is 11.2. The Hall–Kier alpha value is -1.10. The molecular formula is C23H34O5. The van der Waals surface area contributed by atoms with Gasteiger partial charge in [-0.1, -0.05) is 13.8 Å². The standard InChI is InChI=1S/C23H34O5/c1-12(24)26-19-10-17-15-6-5-14-9-18-20(28-18)11-23(14,4)16(15)7-8-22(17,3)21(19)27-13(2)25/h14-21H,5-11H2,1-4H3/t14?,15?,16?,17?,18-,19+,20+,21?,22?,23?/m0/s1. The summed E-state index contributed by atoms with van der Waals surface area (Å²) < 4.78 is 17.4. The zero-order valence-corrected chi connectivity index (χ0v) is 17.6. The van der Waals surface area contributed by atoms with Crippen LogP contribution in [0, 0.1) is 34.5 Å². The first kappa shape index (κ1) is 18.9. The van der Waals surface area contributed by atoms with E-state index in [0.717, 1.165) is 18.8 Å². The van der Waals surface area contributed by atoms with Crippen molar-refractivity contribution in [1.29, 1.82) is 0 Å². The van der Waals surface area contributed by atoms with Gasteiger partial charge in [0.2, 0.25) is 0 Å². The van der Waals surface area contributed by atoms with Crippen molar-refractivity contribution in [2.75, 3.05) is 0 Å². The van der Waals surface area contributed by atoms with E-state index in [0.29, 0.717) is 35.4 Å². The van der Waals surface area contributed by atoms with E-state index >= 15 is 0 Å². The molecule has 1 saturated heterocycles. The van der Waals surface area contributed by atoms with Crippen LogP contribution in [0.5, 0.6) is 0 Å². The number of ether oxygens (including phenoxy) is 3. The molecule has 0 aromatic rings. The smallest absolute Gasteiger partial charge is 0.303 e. The molecule has 0 radical (unpaired) electrons. The summed E-state index contributed by atoms with van der Waals surface area (Å²) >= 11 is 0. The third-order valence-corrected chi connectivity index (χ3v) is 9.43. The fraction of sp³-hybridized carbons (Fsp3) is 0.913. The Kier molecular flexibility index (Phi) is 4.18. The van der Waals surface area contributed by atoms with E-state index in [1.165, 1.54) is 46.0 Å². The average molecular weight is 391 g/mol. The molecule has 156 valence electrons. The fourth-order valence-electron chi connectivity index (χ4n) is 8.18. The Bertz CT molecular complexity index is 690. The van der Waals surface area contributed by atoms with Crippen LogP contribution in [0.1, 0.15) is 72.6 Å². The summed E-state index contributed by atoms with van der Waals surface area (Å²) in [5.41, 5.74) is 0.280. The SMILES string of the molecule is CC(=O)OC1[C@H](OC(C)=O)CC2C3CCC4C[C@@H]5O[C@@H]5CC4(C)C3CCC21C. The normalized spacial score (nSPS) is 53.9. The molecule has 0 amide bonds. The van der Waals surface area contributed by atoms with E-state index in [4.69, 9.17) is 14.2 Å². The van der Waals surface area contributed by atoms with E-state index in [1.54, 1.807) is 0 Å². The van der Waals surface area contributed by atoms with Gasteiger partial charge >= 0.3 is 11.9 Å². The highest BCUT2D eigenvalue weighted by molar-refractivity contribution is 5.67. The van der Waals surface area contributed by atoms with E-state index in [1.807, 2.05) is 0 Å². The van der Waals surface area contributed by atoms with Crippen molar-refractivity contribution >= 4 is 11.9 Å². The highest BCUT2D eigenvalue weighted by atomic mass is 16.6. The molecule has 5 heteroatoms. The van der Waals surface area contributed by atoms with Crippen molar-refractivity contribution in [2.24, 2.45) is 34.5 Å². The predicted molar refractivity (Wildman–Crippen MR) is 102 cm³/mol. The number of esters is 2. The molecule has 1 aliphatic heterocycles. The second-order valence-corrected chi connectivity index (χ2v) is 10.8. The van der Waals surface area contributed by atoms with Gasteiger partial charge in [-0.3, -0.25) is 9.59 Å². The van der Waals surface area contributed by atoms with Crippen LogP contribution < -0.4 is 0 Å². The van der Waals surface area contributed by atoms with Crippen molar-refractivity contribution < 1.29 is 23.8 Å². The molecule has 4 saturated carbocycles. The van der Waals surface area contributed by atoms with Gasteiger partial charge in [0.1, 0.15) is 12.2 Å². The largest absolute Gasteiger partial charge is 0.459 e. The molecule has 1 heterocycles. The molecule has 5 rings (SSSR count). The zero-order chi connectivity index (χ0) is 19.8. The van der Waals surface area contributed by atoms with Crippen LogP contribution in [0.25, 0.3) is 0 Å². The number of hydrogen-bond donors (Lipinski definition) is 0. The summed E-state index contributed by atoms with van der Waals surface area (Å²) in [6.45, 7) is 7.73. The van der Waals surface area contributed by atoms with Crippen LogP contribution in [0.15, 0.2) is 0 Å². The third-order valence-electron chi connectivity index (χ3n) is 9.43. The van der Waals surface area contributed by atoms with Crippen molar-refractivity contribution in [3.63, 3.8) is 0 Å². The molecule has 0 bridgehead atoms. The lowest BCUT2D eigenvalue weighted by Crippen LogP contribution is -2.54. The highest BCUT2D eigenvalue weighted by Crippen LogP contribution is 2.68.